The normalized spacial score (nSPS) is 11.1. The van der Waals surface area contributed by atoms with Gasteiger partial charge in [0, 0.05) is 5.56 Å². The summed E-state index contributed by atoms with van der Waals surface area (Å²) in [5, 5.41) is 4.05. The maximum absolute atomic E-state index is 11.2. The summed E-state index contributed by atoms with van der Waals surface area (Å²) in [5.41, 5.74) is 12.8. The second-order valence-corrected chi connectivity index (χ2v) is 4.13. The fourth-order valence-electron chi connectivity index (χ4n) is 1.05. The van der Waals surface area contributed by atoms with Gasteiger partial charge in [0.2, 0.25) is 0 Å². The molecule has 0 aliphatic rings. The van der Waals surface area contributed by atoms with Crippen molar-refractivity contribution < 1.29 is 4.79 Å². The zero-order valence-electron chi connectivity index (χ0n) is 8.41. The van der Waals surface area contributed by atoms with E-state index in [9.17, 15) is 4.79 Å². The fraction of sp³-hybridized carbons (Fsp3) is 0. The predicted octanol–water partition coefficient (Wildman–Crippen LogP) is 1.02. The Hall–Kier alpha value is -1.37. The molecule has 1 aromatic rings. The van der Waals surface area contributed by atoms with E-state index >= 15 is 0 Å². The third-order valence-corrected chi connectivity index (χ3v) is 2.63. The molecule has 0 spiro atoms. The van der Waals surface area contributed by atoms with Crippen LogP contribution < -0.4 is 16.9 Å². The summed E-state index contributed by atoms with van der Waals surface area (Å²) in [5.74, 6) is -0.780. The SMILES string of the molecule is NC(=O)/C(=N/NC(N)=S)c1cccc(Cl)c1Cl. The molecule has 8 heteroatoms. The molecule has 0 bridgehead atoms. The summed E-state index contributed by atoms with van der Waals surface area (Å²) in [7, 11) is 0. The molecule has 1 amide bonds. The molecule has 0 heterocycles. The largest absolute Gasteiger partial charge is 0.375 e. The molecule has 0 atom stereocenters. The van der Waals surface area contributed by atoms with Crippen LogP contribution in [0.15, 0.2) is 23.3 Å². The van der Waals surface area contributed by atoms with Crippen molar-refractivity contribution in [2.45, 2.75) is 0 Å². The van der Waals surface area contributed by atoms with Gasteiger partial charge in [-0.1, -0.05) is 35.3 Å². The topological polar surface area (TPSA) is 93.5 Å². The van der Waals surface area contributed by atoms with Crippen molar-refractivity contribution in [1.82, 2.24) is 5.43 Å². The maximum Gasteiger partial charge on any atom is 0.269 e. The molecule has 1 aromatic carbocycles. The number of carbonyl (C=O) groups excluding carboxylic acids is 1. The quantitative estimate of drug-likeness (QED) is 0.440. The van der Waals surface area contributed by atoms with Crippen LogP contribution in [0.4, 0.5) is 0 Å². The second-order valence-electron chi connectivity index (χ2n) is 2.90. The Bertz CT molecular complexity index is 504. The molecular weight excluding hydrogens is 283 g/mol. The number of rotatable bonds is 3. The number of benzene rings is 1. The third-order valence-electron chi connectivity index (χ3n) is 1.72. The standard InChI is InChI=1S/C9H8Cl2N4OS/c10-5-3-1-2-4(6(5)11)7(8(12)16)14-15-9(13)17/h1-3H,(H2,12,16)(H3,13,15,17)/b14-7+. The minimum Gasteiger partial charge on any atom is -0.375 e. The number of hydrazone groups is 1. The Morgan fingerprint density at radius 2 is 2.00 bits per heavy atom. The number of halogens is 2. The highest BCUT2D eigenvalue weighted by Crippen LogP contribution is 2.25. The maximum atomic E-state index is 11.2. The highest BCUT2D eigenvalue weighted by atomic mass is 35.5. The molecule has 5 N–H and O–H groups in total. The Balaban J connectivity index is 3.24. The summed E-state index contributed by atoms with van der Waals surface area (Å²) in [6.07, 6.45) is 0. The lowest BCUT2D eigenvalue weighted by molar-refractivity contribution is -0.111. The third kappa shape index (κ3) is 3.55. The molecule has 1 rings (SSSR count). The van der Waals surface area contributed by atoms with Crippen molar-refractivity contribution in [2.24, 2.45) is 16.6 Å². The molecule has 0 unspecified atom stereocenters. The van der Waals surface area contributed by atoms with Crippen LogP contribution in [-0.2, 0) is 4.79 Å². The Labute approximate surface area is 113 Å². The van der Waals surface area contributed by atoms with Crippen molar-refractivity contribution in [3.8, 4) is 0 Å². The van der Waals surface area contributed by atoms with Gasteiger partial charge in [0.25, 0.3) is 5.91 Å². The number of hydrogen-bond donors (Lipinski definition) is 3. The summed E-state index contributed by atoms with van der Waals surface area (Å²) in [6, 6.07) is 4.74. The van der Waals surface area contributed by atoms with E-state index in [0.29, 0.717) is 5.56 Å². The van der Waals surface area contributed by atoms with Crippen molar-refractivity contribution in [3.63, 3.8) is 0 Å². The number of nitrogens with zero attached hydrogens (tertiary/aromatic N) is 1. The van der Waals surface area contributed by atoms with Crippen molar-refractivity contribution >= 4 is 52.2 Å². The van der Waals surface area contributed by atoms with E-state index in [2.05, 4.69) is 22.7 Å². The molecule has 90 valence electrons. The van der Waals surface area contributed by atoms with Gasteiger partial charge >= 0.3 is 0 Å². The summed E-state index contributed by atoms with van der Waals surface area (Å²) in [4.78, 5) is 11.2. The highest BCUT2D eigenvalue weighted by Gasteiger charge is 2.16. The zero-order chi connectivity index (χ0) is 13.0. The number of thiocarbonyl (C=S) groups is 1. The number of nitrogens with one attached hydrogen (secondary N) is 1. The van der Waals surface area contributed by atoms with Crippen LogP contribution in [0.3, 0.4) is 0 Å². The number of amides is 1. The average molecular weight is 291 g/mol. The van der Waals surface area contributed by atoms with Crippen LogP contribution >= 0.6 is 35.4 Å². The van der Waals surface area contributed by atoms with E-state index in [4.69, 9.17) is 34.7 Å². The molecule has 0 aromatic heterocycles. The molecule has 5 nitrogen and oxygen atoms in total. The Kier molecular flexibility index (Phi) is 4.68. The average Bonchev–Trinajstić information content (AvgIpc) is 2.23. The molecular formula is C9H8Cl2N4OS. The van der Waals surface area contributed by atoms with Crippen LogP contribution in [0, 0.1) is 0 Å². The van der Waals surface area contributed by atoms with Crippen LogP contribution in [-0.4, -0.2) is 16.7 Å². The van der Waals surface area contributed by atoms with Gasteiger partial charge in [-0.2, -0.15) is 5.10 Å². The van der Waals surface area contributed by atoms with E-state index < -0.39 is 5.91 Å². The van der Waals surface area contributed by atoms with Crippen molar-refractivity contribution in [3.05, 3.63) is 33.8 Å². The minimum atomic E-state index is -0.780. The predicted molar refractivity (Wildman–Crippen MR) is 72.1 cm³/mol. The smallest absolute Gasteiger partial charge is 0.269 e. The zero-order valence-corrected chi connectivity index (χ0v) is 10.7. The monoisotopic (exact) mass is 290 g/mol. The Morgan fingerprint density at radius 1 is 1.35 bits per heavy atom. The first-order chi connectivity index (χ1) is 7.93. The lowest BCUT2D eigenvalue weighted by Gasteiger charge is -2.06. The molecule has 0 aliphatic carbocycles. The van der Waals surface area contributed by atoms with Crippen LogP contribution in [0.1, 0.15) is 5.56 Å². The van der Waals surface area contributed by atoms with Gasteiger partial charge in [0.1, 0.15) is 0 Å². The molecule has 17 heavy (non-hydrogen) atoms. The van der Waals surface area contributed by atoms with Crippen LogP contribution in [0.25, 0.3) is 0 Å². The van der Waals surface area contributed by atoms with E-state index in [-0.39, 0.29) is 20.9 Å². The van der Waals surface area contributed by atoms with E-state index in [1.165, 1.54) is 0 Å². The minimum absolute atomic E-state index is 0.0955. The number of nitrogens with two attached hydrogens (primary N) is 2. The summed E-state index contributed by atoms with van der Waals surface area (Å²) in [6.45, 7) is 0. The van der Waals surface area contributed by atoms with Gasteiger partial charge in [-0.05, 0) is 18.3 Å². The van der Waals surface area contributed by atoms with E-state index in [1.54, 1.807) is 18.2 Å². The van der Waals surface area contributed by atoms with E-state index in [1.807, 2.05) is 0 Å². The first kappa shape index (κ1) is 13.7. The van der Waals surface area contributed by atoms with Crippen LogP contribution in [0.2, 0.25) is 10.0 Å². The molecule has 0 saturated heterocycles. The number of carbonyl (C=O) groups is 1. The summed E-state index contributed by atoms with van der Waals surface area (Å²) < 4.78 is 0. The molecule has 0 fully saturated rings. The van der Waals surface area contributed by atoms with Crippen LogP contribution in [0.5, 0.6) is 0 Å². The van der Waals surface area contributed by atoms with E-state index in [0.717, 1.165) is 0 Å². The van der Waals surface area contributed by atoms with Gasteiger partial charge in [-0.25, -0.2) is 0 Å². The highest BCUT2D eigenvalue weighted by molar-refractivity contribution is 7.80. The first-order valence-corrected chi connectivity index (χ1v) is 5.47. The summed E-state index contributed by atoms with van der Waals surface area (Å²) >= 11 is 16.3. The first-order valence-electron chi connectivity index (χ1n) is 4.30. The van der Waals surface area contributed by atoms with Gasteiger partial charge in [0.15, 0.2) is 10.8 Å². The van der Waals surface area contributed by atoms with Gasteiger partial charge in [-0.3, -0.25) is 10.2 Å². The lowest BCUT2D eigenvalue weighted by atomic mass is 10.1. The lowest BCUT2D eigenvalue weighted by Crippen LogP contribution is -2.31. The van der Waals surface area contributed by atoms with Gasteiger partial charge < -0.3 is 11.5 Å². The number of primary amides is 1. The van der Waals surface area contributed by atoms with Crippen molar-refractivity contribution in [1.29, 1.82) is 0 Å². The molecule has 0 aliphatic heterocycles. The second kappa shape index (κ2) is 5.81. The number of hydrogen-bond acceptors (Lipinski definition) is 3. The molecule has 0 saturated carbocycles. The van der Waals surface area contributed by atoms with Gasteiger partial charge in [-0.15, -0.1) is 0 Å². The fourth-order valence-corrected chi connectivity index (χ4v) is 1.48. The van der Waals surface area contributed by atoms with Crippen molar-refractivity contribution in [2.75, 3.05) is 0 Å². The molecule has 0 radical (unpaired) electrons. The van der Waals surface area contributed by atoms with Gasteiger partial charge in [0.05, 0.1) is 10.0 Å². The Morgan fingerprint density at radius 3 is 2.53 bits per heavy atom.